The average molecular weight is 405 g/mol. The standard InChI is InChI=1S/C24H24FN3O2/c25-20-12-5-4-9-18(20)13-22(29)27-21(16-7-2-1-3-8-16)14-19-15-23(30)28-24(26-19)17-10-6-11-17/h1-5,7-9,12,15,17,21H,6,10-11,13-14H2,(H,27,29)(H,26,28,30)/t21-/m1/s1. The molecule has 5 nitrogen and oxygen atoms in total. The van der Waals surface area contributed by atoms with Crippen molar-refractivity contribution in [1.29, 1.82) is 0 Å². The second-order valence-corrected chi connectivity index (χ2v) is 7.75. The number of H-pyrrole nitrogens is 1. The second kappa shape index (κ2) is 9.03. The molecule has 2 N–H and O–H groups in total. The predicted octanol–water partition coefficient (Wildman–Crippen LogP) is 3.82. The van der Waals surface area contributed by atoms with Crippen molar-refractivity contribution in [2.75, 3.05) is 0 Å². The van der Waals surface area contributed by atoms with Gasteiger partial charge in [-0.3, -0.25) is 9.59 Å². The lowest BCUT2D eigenvalue weighted by Gasteiger charge is -2.25. The number of aromatic nitrogens is 2. The molecule has 0 saturated heterocycles. The lowest BCUT2D eigenvalue weighted by atomic mass is 9.85. The fourth-order valence-electron chi connectivity index (χ4n) is 3.71. The van der Waals surface area contributed by atoms with E-state index < -0.39 is 5.82 Å². The molecule has 1 fully saturated rings. The quantitative estimate of drug-likeness (QED) is 0.628. The number of hydrogen-bond acceptors (Lipinski definition) is 3. The summed E-state index contributed by atoms with van der Waals surface area (Å²) in [7, 11) is 0. The highest BCUT2D eigenvalue weighted by Crippen LogP contribution is 2.34. The number of carbonyl (C=O) groups is 1. The predicted molar refractivity (Wildman–Crippen MR) is 113 cm³/mol. The SMILES string of the molecule is O=C(Cc1ccccc1F)N[C@H](Cc1cc(=O)[nH]c(C2CCC2)n1)c1ccccc1. The summed E-state index contributed by atoms with van der Waals surface area (Å²) in [4.78, 5) is 32.3. The van der Waals surface area contributed by atoms with Crippen molar-refractivity contribution in [3.8, 4) is 0 Å². The number of nitrogens with zero attached hydrogens (tertiary/aromatic N) is 1. The maximum absolute atomic E-state index is 13.9. The molecule has 0 bridgehead atoms. The lowest BCUT2D eigenvalue weighted by molar-refractivity contribution is -0.121. The first-order valence-corrected chi connectivity index (χ1v) is 10.3. The van der Waals surface area contributed by atoms with Crippen LogP contribution < -0.4 is 10.9 Å². The third-order valence-electron chi connectivity index (χ3n) is 5.56. The normalized spacial score (nSPS) is 14.7. The van der Waals surface area contributed by atoms with E-state index in [0.717, 1.165) is 30.7 Å². The minimum Gasteiger partial charge on any atom is -0.349 e. The number of amides is 1. The van der Waals surface area contributed by atoms with Crippen LogP contribution in [0.25, 0.3) is 0 Å². The van der Waals surface area contributed by atoms with Gasteiger partial charge >= 0.3 is 0 Å². The van der Waals surface area contributed by atoms with Gasteiger partial charge in [-0.25, -0.2) is 9.37 Å². The van der Waals surface area contributed by atoms with Gasteiger partial charge in [0.2, 0.25) is 5.91 Å². The van der Waals surface area contributed by atoms with E-state index in [1.807, 2.05) is 30.3 Å². The molecule has 6 heteroatoms. The van der Waals surface area contributed by atoms with Crippen LogP contribution in [0.3, 0.4) is 0 Å². The summed E-state index contributed by atoms with van der Waals surface area (Å²) in [5.74, 6) is 0.361. The molecule has 1 aliphatic carbocycles. The maximum Gasteiger partial charge on any atom is 0.251 e. The van der Waals surface area contributed by atoms with Gasteiger partial charge in [0.1, 0.15) is 11.6 Å². The Morgan fingerprint density at radius 2 is 1.87 bits per heavy atom. The topological polar surface area (TPSA) is 74.8 Å². The number of nitrogens with one attached hydrogen (secondary N) is 2. The highest BCUT2D eigenvalue weighted by atomic mass is 19.1. The molecule has 4 rings (SSSR count). The average Bonchev–Trinajstić information content (AvgIpc) is 2.68. The van der Waals surface area contributed by atoms with Gasteiger partial charge in [0, 0.05) is 18.4 Å². The first-order chi connectivity index (χ1) is 14.6. The molecule has 1 atom stereocenters. The summed E-state index contributed by atoms with van der Waals surface area (Å²) in [5, 5.41) is 3.00. The summed E-state index contributed by atoms with van der Waals surface area (Å²) in [6, 6.07) is 16.9. The van der Waals surface area contributed by atoms with Gasteiger partial charge in [0.15, 0.2) is 0 Å². The number of carbonyl (C=O) groups excluding carboxylic acids is 1. The summed E-state index contributed by atoms with van der Waals surface area (Å²) >= 11 is 0. The van der Waals surface area contributed by atoms with Crippen LogP contribution in [0.2, 0.25) is 0 Å². The van der Waals surface area contributed by atoms with Crippen LogP contribution in [0.1, 0.15) is 53.9 Å². The fourth-order valence-corrected chi connectivity index (χ4v) is 3.71. The van der Waals surface area contributed by atoms with Gasteiger partial charge in [0.25, 0.3) is 5.56 Å². The molecule has 1 aromatic heterocycles. The largest absolute Gasteiger partial charge is 0.349 e. The molecular weight excluding hydrogens is 381 g/mol. The Bertz CT molecular complexity index is 1080. The molecule has 1 amide bonds. The van der Waals surface area contributed by atoms with Gasteiger partial charge in [-0.15, -0.1) is 0 Å². The molecule has 1 heterocycles. The molecule has 1 saturated carbocycles. The molecule has 30 heavy (non-hydrogen) atoms. The third kappa shape index (κ3) is 4.82. The van der Waals surface area contributed by atoms with Crippen molar-refractivity contribution >= 4 is 5.91 Å². The molecule has 0 radical (unpaired) electrons. The third-order valence-corrected chi connectivity index (χ3v) is 5.56. The van der Waals surface area contributed by atoms with Gasteiger partial charge in [-0.05, 0) is 30.0 Å². The highest BCUT2D eigenvalue weighted by molar-refractivity contribution is 5.79. The van der Waals surface area contributed by atoms with Crippen molar-refractivity contribution in [3.05, 3.63) is 99.5 Å². The van der Waals surface area contributed by atoms with Crippen molar-refractivity contribution in [2.24, 2.45) is 0 Å². The van der Waals surface area contributed by atoms with Crippen LogP contribution in [0.4, 0.5) is 4.39 Å². The van der Waals surface area contributed by atoms with Crippen LogP contribution in [-0.4, -0.2) is 15.9 Å². The van der Waals surface area contributed by atoms with Crippen LogP contribution in [0.5, 0.6) is 0 Å². The van der Waals surface area contributed by atoms with E-state index in [0.29, 0.717) is 23.6 Å². The van der Waals surface area contributed by atoms with Crippen molar-refractivity contribution in [3.63, 3.8) is 0 Å². The van der Waals surface area contributed by atoms with Gasteiger partial charge < -0.3 is 10.3 Å². The molecule has 0 unspecified atom stereocenters. The Balaban J connectivity index is 1.55. The molecule has 0 aliphatic heterocycles. The van der Waals surface area contributed by atoms with Crippen molar-refractivity contribution in [2.45, 2.75) is 44.1 Å². The smallest absolute Gasteiger partial charge is 0.251 e. The van der Waals surface area contributed by atoms with Crippen LogP contribution in [0, 0.1) is 5.82 Å². The minimum atomic E-state index is -0.398. The molecule has 2 aromatic carbocycles. The number of hydrogen-bond donors (Lipinski definition) is 2. The van der Waals surface area contributed by atoms with Gasteiger partial charge in [-0.1, -0.05) is 55.0 Å². The minimum absolute atomic E-state index is 0.0495. The molecule has 1 aliphatic rings. The van der Waals surface area contributed by atoms with Crippen LogP contribution in [-0.2, 0) is 17.6 Å². The summed E-state index contributed by atoms with van der Waals surface area (Å²) < 4.78 is 13.9. The van der Waals surface area contributed by atoms with E-state index in [4.69, 9.17) is 0 Å². The Morgan fingerprint density at radius 3 is 2.57 bits per heavy atom. The Labute approximate surface area is 174 Å². The summed E-state index contributed by atoms with van der Waals surface area (Å²) in [5.41, 5.74) is 1.72. The van der Waals surface area contributed by atoms with Gasteiger partial charge in [-0.2, -0.15) is 0 Å². The summed E-state index contributed by atoms with van der Waals surface area (Å²) in [6.07, 6.45) is 3.56. The zero-order valence-electron chi connectivity index (χ0n) is 16.6. The lowest BCUT2D eigenvalue weighted by Crippen LogP contribution is -2.32. The molecule has 0 spiro atoms. The first-order valence-electron chi connectivity index (χ1n) is 10.3. The van der Waals surface area contributed by atoms with E-state index in [-0.39, 0.29) is 23.9 Å². The van der Waals surface area contributed by atoms with Crippen LogP contribution in [0.15, 0.2) is 65.5 Å². The monoisotopic (exact) mass is 405 g/mol. The zero-order valence-corrected chi connectivity index (χ0v) is 16.6. The highest BCUT2D eigenvalue weighted by Gasteiger charge is 2.23. The number of halogens is 1. The maximum atomic E-state index is 13.9. The Kier molecular flexibility index (Phi) is 6.02. The summed E-state index contributed by atoms with van der Waals surface area (Å²) in [6.45, 7) is 0. The van der Waals surface area contributed by atoms with E-state index in [9.17, 15) is 14.0 Å². The number of rotatable bonds is 7. The molecule has 3 aromatic rings. The van der Waals surface area contributed by atoms with E-state index in [1.54, 1.807) is 18.2 Å². The number of aromatic amines is 1. The first kappa shape index (κ1) is 20.0. The second-order valence-electron chi connectivity index (χ2n) is 7.75. The van der Waals surface area contributed by atoms with E-state index >= 15 is 0 Å². The Hall–Kier alpha value is -3.28. The molecule has 154 valence electrons. The zero-order chi connectivity index (χ0) is 20.9. The van der Waals surface area contributed by atoms with E-state index in [2.05, 4.69) is 15.3 Å². The van der Waals surface area contributed by atoms with Crippen molar-refractivity contribution < 1.29 is 9.18 Å². The van der Waals surface area contributed by atoms with Crippen molar-refractivity contribution in [1.82, 2.24) is 15.3 Å². The Morgan fingerprint density at radius 1 is 1.13 bits per heavy atom. The van der Waals surface area contributed by atoms with Gasteiger partial charge in [0.05, 0.1) is 18.2 Å². The fraction of sp³-hybridized carbons (Fsp3) is 0.292. The van der Waals surface area contributed by atoms with Crippen LogP contribution >= 0.6 is 0 Å². The molecular formula is C24H24FN3O2. The number of benzene rings is 2. The van der Waals surface area contributed by atoms with E-state index in [1.165, 1.54) is 12.1 Å².